The average molecular weight is 844 g/mol. The van der Waals surface area contributed by atoms with Gasteiger partial charge in [0.15, 0.2) is 0 Å². The minimum absolute atomic E-state index is 0. The van der Waals surface area contributed by atoms with Gasteiger partial charge in [-0.3, -0.25) is 14.1 Å². The van der Waals surface area contributed by atoms with Crippen LogP contribution in [0.3, 0.4) is 0 Å². The second-order valence-corrected chi connectivity index (χ2v) is 16.8. The molecule has 4 aliphatic rings. The van der Waals surface area contributed by atoms with Crippen LogP contribution in [0.4, 0.5) is 0 Å². The zero-order valence-corrected chi connectivity index (χ0v) is 36.2. The average Bonchev–Trinajstić information content (AvgIpc) is 3.78. The predicted molar refractivity (Wildman–Crippen MR) is 234 cm³/mol. The van der Waals surface area contributed by atoms with Crippen LogP contribution in [-0.4, -0.2) is 9.55 Å². The van der Waals surface area contributed by atoms with Crippen molar-refractivity contribution in [2.45, 2.75) is 105 Å². The fourth-order valence-corrected chi connectivity index (χ4v) is 8.61. The number of nitrogens with zero attached hydrogens (tertiary/aromatic N) is 4. The molecule has 0 saturated heterocycles. The zero-order chi connectivity index (χ0) is 39.1. The first-order valence-corrected chi connectivity index (χ1v) is 20.7. The largest absolute Gasteiger partial charge is 0.657 e. The molecule has 2 aliphatic heterocycles. The van der Waals surface area contributed by atoms with Crippen molar-refractivity contribution in [1.82, 2.24) is 14.5 Å². The minimum atomic E-state index is 0. The first-order chi connectivity index (χ1) is 27.1. The number of hydrogen-bond acceptors (Lipinski definition) is 1. The van der Waals surface area contributed by atoms with E-state index in [1.807, 2.05) is 0 Å². The molecule has 2 aliphatic carbocycles. The van der Waals surface area contributed by atoms with Crippen molar-refractivity contribution in [3.05, 3.63) is 166 Å². The van der Waals surface area contributed by atoms with E-state index in [0.717, 1.165) is 36.7 Å². The van der Waals surface area contributed by atoms with Crippen molar-refractivity contribution in [3.8, 4) is 11.4 Å². The Hall–Kier alpha value is -4.74. The van der Waals surface area contributed by atoms with Gasteiger partial charge in [0.2, 0.25) is 0 Å². The van der Waals surface area contributed by atoms with Crippen molar-refractivity contribution in [3.63, 3.8) is 0 Å². The van der Waals surface area contributed by atoms with E-state index in [0.29, 0.717) is 23.7 Å². The maximum absolute atomic E-state index is 4.92. The van der Waals surface area contributed by atoms with Gasteiger partial charge in [0.25, 0.3) is 6.33 Å². The molecule has 12 rings (SSSR count). The van der Waals surface area contributed by atoms with Gasteiger partial charge in [0, 0.05) is 34.3 Å². The molecule has 0 atom stereocenters. The Labute approximate surface area is 354 Å². The van der Waals surface area contributed by atoms with E-state index in [4.69, 9.17) is 9.97 Å². The summed E-state index contributed by atoms with van der Waals surface area (Å²) in [5.41, 5.74) is 17.9. The van der Waals surface area contributed by atoms with E-state index in [1.165, 1.54) is 77.8 Å². The Kier molecular flexibility index (Phi) is 12.1. The molecule has 0 saturated carbocycles. The Bertz CT molecular complexity index is 2510. The molecular formula is C52H55AgN4-. The van der Waals surface area contributed by atoms with Crippen LogP contribution in [0.2, 0.25) is 0 Å². The molecule has 5 heteroatoms. The van der Waals surface area contributed by atoms with Crippen LogP contribution in [0.15, 0.2) is 115 Å². The predicted octanol–water partition coefficient (Wildman–Crippen LogP) is 12.4. The van der Waals surface area contributed by atoms with Crippen molar-refractivity contribution < 1.29 is 26.9 Å². The molecule has 8 aromatic rings. The summed E-state index contributed by atoms with van der Waals surface area (Å²) >= 11 is 0. The van der Waals surface area contributed by atoms with E-state index in [-0.39, 0.29) is 22.4 Å². The third-order valence-electron chi connectivity index (χ3n) is 11.7. The summed E-state index contributed by atoms with van der Waals surface area (Å²) in [6.07, 6.45) is 9.92. The number of fused-ring (bicyclic) bond motifs is 2. The van der Waals surface area contributed by atoms with Gasteiger partial charge in [0.1, 0.15) is 0 Å². The molecule has 0 N–H and O–H groups in total. The zero-order valence-electron chi connectivity index (χ0n) is 34.7. The molecule has 0 unspecified atom stereocenters. The number of aromatic nitrogens is 4. The summed E-state index contributed by atoms with van der Waals surface area (Å²) in [5.74, 6) is 1.71. The van der Waals surface area contributed by atoms with Gasteiger partial charge in [-0.1, -0.05) is 165 Å². The van der Waals surface area contributed by atoms with Gasteiger partial charge < -0.3 is 4.98 Å². The molecule has 5 heterocycles. The van der Waals surface area contributed by atoms with Gasteiger partial charge >= 0.3 is 0 Å². The second-order valence-electron chi connectivity index (χ2n) is 16.8. The third-order valence-corrected chi connectivity index (χ3v) is 11.7. The minimum Gasteiger partial charge on any atom is -0.657 e. The van der Waals surface area contributed by atoms with Crippen molar-refractivity contribution in [2.24, 2.45) is 0 Å². The monoisotopic (exact) mass is 842 g/mol. The SMILES string of the molecule is CC(C)c1cccc(C(C)C)c1-n1[c-][n+](-c2c(C(C)C)cccc2C(C)C)c2ccccc21.[Ag].c1ccc2c(c1)[n-]c1c3cnc(c12)CCc1ccc(cc1)CC3. The van der Waals surface area contributed by atoms with E-state index in [2.05, 4.69) is 186 Å². The summed E-state index contributed by atoms with van der Waals surface area (Å²) in [7, 11) is 0. The number of imidazole rings is 1. The smallest absolute Gasteiger partial charge is 0.269 e. The third kappa shape index (κ3) is 7.80. The summed E-state index contributed by atoms with van der Waals surface area (Å²) < 4.78 is 4.64. The molecule has 57 heavy (non-hydrogen) atoms. The number of para-hydroxylation sites is 5. The number of aryl methyl sites for hydroxylation is 4. The van der Waals surface area contributed by atoms with Crippen LogP contribution in [0.5, 0.6) is 0 Å². The van der Waals surface area contributed by atoms with Crippen LogP contribution in [0, 0.1) is 6.33 Å². The fourth-order valence-electron chi connectivity index (χ4n) is 8.61. The molecule has 0 spiro atoms. The molecule has 4 bridgehead atoms. The number of pyridine rings is 1. The molecule has 0 amide bonds. The summed E-state index contributed by atoms with van der Waals surface area (Å²) in [5, 5.41) is 2.52. The molecule has 295 valence electrons. The van der Waals surface area contributed by atoms with Crippen LogP contribution in [-0.2, 0) is 48.1 Å². The van der Waals surface area contributed by atoms with E-state index < -0.39 is 0 Å². The Morgan fingerprint density at radius 3 is 1.75 bits per heavy atom. The van der Waals surface area contributed by atoms with Crippen molar-refractivity contribution in [1.29, 1.82) is 0 Å². The van der Waals surface area contributed by atoms with Gasteiger partial charge in [-0.25, -0.2) is 0 Å². The Balaban J connectivity index is 0.000000181. The van der Waals surface area contributed by atoms with Crippen LogP contribution in [0.25, 0.3) is 44.2 Å². The molecular weight excluding hydrogens is 788 g/mol. The number of benzene rings is 5. The van der Waals surface area contributed by atoms with Gasteiger partial charge in [-0.2, -0.15) is 0 Å². The molecule has 0 fully saturated rings. The first kappa shape index (κ1) is 40.5. The fraction of sp³-hybridized carbons (Fsp3) is 0.308. The second kappa shape index (κ2) is 17.0. The maximum Gasteiger partial charge on any atom is 0.269 e. The first-order valence-electron chi connectivity index (χ1n) is 20.7. The van der Waals surface area contributed by atoms with Crippen molar-refractivity contribution in [2.75, 3.05) is 0 Å². The molecule has 4 nitrogen and oxygen atoms in total. The number of rotatable bonds is 6. The topological polar surface area (TPSA) is 35.8 Å². The van der Waals surface area contributed by atoms with Gasteiger partial charge in [-0.15, -0.1) is 11.0 Å². The Morgan fingerprint density at radius 2 is 1.14 bits per heavy atom. The standard InChI is InChI=1S/C31H38N2.C21H17N2.Ag/c1-20(2)24-13-11-14-25(21(3)4)30(24)32-19-33(29-18-10-9-17-28(29)32)31-26(22(5)6)15-12-16-27(31)23(7)8;1-2-4-18-17(3-1)20-19-12-10-15-7-5-14(6-8-15)9-11-16(13-22-19)21(20)23-18;/h9-18,20-23H,1-8H3;1-8,13H,9-12H2;/q;-1;. The molecule has 1 radical (unpaired) electrons. The molecule has 5 aromatic carbocycles. The van der Waals surface area contributed by atoms with E-state index in [1.54, 1.807) is 0 Å². The maximum atomic E-state index is 4.92. The summed E-state index contributed by atoms with van der Waals surface area (Å²) in [6, 6.07) is 39.8. The quantitative estimate of drug-likeness (QED) is 0.0950. The van der Waals surface area contributed by atoms with Gasteiger partial charge in [0.05, 0.1) is 22.4 Å². The normalized spacial score (nSPS) is 12.8. The van der Waals surface area contributed by atoms with Crippen LogP contribution in [0.1, 0.15) is 124 Å². The van der Waals surface area contributed by atoms with Gasteiger partial charge in [-0.05, 0) is 99.1 Å². The van der Waals surface area contributed by atoms with E-state index in [9.17, 15) is 0 Å². The van der Waals surface area contributed by atoms with Crippen LogP contribution < -0.4 is 9.55 Å². The van der Waals surface area contributed by atoms with Crippen LogP contribution >= 0.6 is 0 Å². The summed E-state index contributed by atoms with van der Waals surface area (Å²) in [4.78, 5) is 9.74. The van der Waals surface area contributed by atoms with E-state index >= 15 is 0 Å². The number of hydrogen-bond donors (Lipinski definition) is 0. The van der Waals surface area contributed by atoms with Crippen molar-refractivity contribution >= 4 is 32.8 Å². The Morgan fingerprint density at radius 1 is 0.596 bits per heavy atom. The summed E-state index contributed by atoms with van der Waals surface area (Å²) in [6.45, 7) is 18.3. The molecule has 3 aromatic heterocycles.